The van der Waals surface area contributed by atoms with Gasteiger partial charge in [0.1, 0.15) is 29.1 Å². The standard InChI is InChI=1S/C21H15BrFN5O.C21H17BrN6.C19H16BrN5O.C18H13Br2N5/c22-15-11-25-28-19(9-18(27-21(15)28)14-3-1-2-4-16(14)23)24-10-12-5-6-17-13(7-12)8-20(29)26-17;1-27-13-24-18-9-14(7-8-19(18)27)11-23-20-10-17(15-5-3-2-4-6-15)26-21-16(22)12-25-28(20)21;1-13-5-2-3-7-15(13)17-9-18(25-19(23-17)16(20)11-22-25)21-10-14-6-4-8-24(26)12-14;19-14-6-2-1-5-13(14)16-8-17(22-10-12-4-3-7-21-9-12)25-18(24-16)15(20)11-23-25/h1-7,9,11,24H,8,10H2,(H,26,29);2-10,12-13,23H,11H2,1H3;2-9,11-12,21H,10H2,1H3;1-9,11,22H,10H2. The fourth-order valence-corrected chi connectivity index (χ4v) is 14.1. The first-order valence-corrected chi connectivity index (χ1v) is 37.7. The predicted octanol–water partition coefficient (Wildman–Crippen LogP) is 17.7. The van der Waals surface area contributed by atoms with Crippen molar-refractivity contribution in [2.75, 3.05) is 26.6 Å². The molecule has 0 saturated carbocycles. The van der Waals surface area contributed by atoms with Gasteiger partial charge in [-0.2, -0.15) is 43.2 Å². The Bertz CT molecular complexity index is 6170. The monoisotopic (exact) mass is 1750 g/mol. The number of aromatic nitrogens is 16. The lowest BCUT2D eigenvalue weighted by Crippen LogP contribution is -2.25. The summed E-state index contributed by atoms with van der Waals surface area (Å²) < 4.78 is 28.4. The van der Waals surface area contributed by atoms with E-state index in [2.05, 4.69) is 191 Å². The van der Waals surface area contributed by atoms with Crippen LogP contribution in [0.1, 0.15) is 33.4 Å². The molecular formula is C79H61Br5FN21O2. The molecule has 12 heterocycles. The van der Waals surface area contributed by atoms with E-state index in [-0.39, 0.29) is 11.7 Å². The largest absolute Gasteiger partial charge is 0.619 e. The molecule has 0 unspecified atom stereocenters. The lowest BCUT2D eigenvalue weighted by atomic mass is 10.1. The van der Waals surface area contributed by atoms with Gasteiger partial charge in [0.15, 0.2) is 35.0 Å². The Kier molecular flexibility index (Phi) is 21.5. The van der Waals surface area contributed by atoms with Gasteiger partial charge in [0, 0.05) is 114 Å². The van der Waals surface area contributed by atoms with Crippen LogP contribution in [0.2, 0.25) is 0 Å². The minimum absolute atomic E-state index is 0.0110. The number of benzene rings is 6. The highest BCUT2D eigenvalue weighted by atomic mass is 79.9. The van der Waals surface area contributed by atoms with Crippen molar-refractivity contribution < 1.29 is 13.9 Å². The van der Waals surface area contributed by atoms with Gasteiger partial charge < -0.3 is 36.4 Å². The molecule has 1 amide bonds. The lowest BCUT2D eigenvalue weighted by Gasteiger charge is -2.12. The van der Waals surface area contributed by atoms with Crippen LogP contribution in [-0.4, -0.2) is 78.8 Å². The number of carbonyl (C=O) groups is 1. The summed E-state index contributed by atoms with van der Waals surface area (Å²) in [5.41, 5.74) is 18.9. The van der Waals surface area contributed by atoms with Crippen LogP contribution in [-0.2, 0) is 44.4 Å². The summed E-state index contributed by atoms with van der Waals surface area (Å²) in [5.74, 6) is 2.92. The number of aryl methyl sites for hydroxylation is 2. The minimum atomic E-state index is -0.332. The van der Waals surface area contributed by atoms with Crippen molar-refractivity contribution in [1.82, 2.24) is 72.9 Å². The molecule has 0 saturated heterocycles. The Hall–Kier alpha value is -11.6. The number of imidazole rings is 1. The van der Waals surface area contributed by atoms with E-state index in [1.165, 1.54) is 12.3 Å². The highest BCUT2D eigenvalue weighted by Gasteiger charge is 2.21. The van der Waals surface area contributed by atoms with Gasteiger partial charge in [-0.25, -0.2) is 29.3 Å². The van der Waals surface area contributed by atoms with E-state index in [1.54, 1.807) is 81.1 Å². The van der Waals surface area contributed by atoms with Gasteiger partial charge in [0.25, 0.3) is 0 Å². The van der Waals surface area contributed by atoms with E-state index in [4.69, 9.17) is 15.0 Å². The van der Waals surface area contributed by atoms with E-state index in [9.17, 15) is 14.4 Å². The Morgan fingerprint density at radius 3 is 1.56 bits per heavy atom. The maximum Gasteiger partial charge on any atom is 0.228 e. The number of rotatable bonds is 16. The fourth-order valence-electron chi connectivity index (χ4n) is 12.2. The number of hydrogen-bond donors (Lipinski definition) is 5. The van der Waals surface area contributed by atoms with Crippen molar-refractivity contribution in [2.24, 2.45) is 7.05 Å². The second kappa shape index (κ2) is 32.2. The third-order valence-electron chi connectivity index (χ3n) is 17.5. The summed E-state index contributed by atoms with van der Waals surface area (Å²) in [4.78, 5) is 39.0. The zero-order chi connectivity index (χ0) is 74.4. The molecule has 17 aromatic rings. The molecule has 1 aliphatic heterocycles. The molecule has 0 bridgehead atoms. The van der Waals surface area contributed by atoms with Gasteiger partial charge in [0.2, 0.25) is 5.91 Å². The zero-order valence-corrected chi connectivity index (χ0v) is 65.3. The average Bonchev–Trinajstić information content (AvgIpc) is 1.61. The van der Waals surface area contributed by atoms with Crippen molar-refractivity contribution in [2.45, 2.75) is 39.5 Å². The SMILES string of the molecule is Brc1ccccc1-c1cc(NCc2cccnc2)n2ncc(Br)c2n1.Cc1ccccc1-c1cc(NCc2ccc[n+]([O-])c2)n2ncc(Br)c2n1.Cn1cnc2cc(CNc3cc(-c4ccccc4)nc4c(Br)cnn34)ccc21.O=C1Cc2cc(CNc3cc(-c4ccccc4F)nc4c(Br)cnn34)ccc2N1. The summed E-state index contributed by atoms with van der Waals surface area (Å²) in [6, 6.07) is 60.5. The van der Waals surface area contributed by atoms with E-state index in [0.29, 0.717) is 55.3 Å². The summed E-state index contributed by atoms with van der Waals surface area (Å²) in [5, 5.41) is 45.5. The molecule has 11 aromatic heterocycles. The summed E-state index contributed by atoms with van der Waals surface area (Å²) in [7, 11) is 2.00. The minimum Gasteiger partial charge on any atom is -0.619 e. The van der Waals surface area contributed by atoms with Gasteiger partial charge in [-0.3, -0.25) is 9.78 Å². The maximum atomic E-state index is 14.3. The van der Waals surface area contributed by atoms with Crippen LogP contribution in [0.15, 0.2) is 266 Å². The van der Waals surface area contributed by atoms with Gasteiger partial charge in [-0.15, -0.1) is 0 Å². The van der Waals surface area contributed by atoms with Gasteiger partial charge in [-0.05, 0) is 147 Å². The number of halogens is 6. The molecular weight excluding hydrogens is 1690 g/mol. The maximum absolute atomic E-state index is 14.3. The number of carbonyl (C=O) groups excluding carboxylic acids is 1. The number of pyridine rings is 2. The molecule has 1 aliphatic rings. The van der Waals surface area contributed by atoms with Gasteiger partial charge >= 0.3 is 0 Å². The molecule has 0 fully saturated rings. The summed E-state index contributed by atoms with van der Waals surface area (Å²) >= 11 is 17.6. The summed E-state index contributed by atoms with van der Waals surface area (Å²) in [6.07, 6.45) is 15.8. The third kappa shape index (κ3) is 16.1. The van der Waals surface area contributed by atoms with E-state index in [1.807, 2.05) is 138 Å². The second-order valence-electron chi connectivity index (χ2n) is 24.9. The Balaban J connectivity index is 0.000000115. The highest BCUT2D eigenvalue weighted by Crippen LogP contribution is 2.34. The Morgan fingerprint density at radius 1 is 0.491 bits per heavy atom. The first-order chi connectivity index (χ1) is 52.6. The molecule has 0 aliphatic carbocycles. The smallest absolute Gasteiger partial charge is 0.228 e. The third-order valence-corrected chi connectivity index (χ3v) is 20.5. The van der Waals surface area contributed by atoms with Crippen LogP contribution in [0.25, 0.3) is 78.7 Å². The number of hydrogen-bond acceptors (Lipinski definition) is 16. The van der Waals surface area contributed by atoms with Gasteiger partial charge in [0.05, 0.1) is 89.2 Å². The topological polar surface area (TPSA) is 256 Å². The predicted molar refractivity (Wildman–Crippen MR) is 435 cm³/mol. The molecule has 0 radical (unpaired) electrons. The van der Waals surface area contributed by atoms with Crippen molar-refractivity contribution in [3.63, 3.8) is 0 Å². The first kappa shape index (κ1) is 72.0. The van der Waals surface area contributed by atoms with Crippen molar-refractivity contribution in [1.29, 1.82) is 0 Å². The molecule has 23 nitrogen and oxygen atoms in total. The molecule has 108 heavy (non-hydrogen) atoms. The molecule has 5 N–H and O–H groups in total. The first-order valence-electron chi connectivity index (χ1n) is 33.7. The Labute approximate surface area is 658 Å². The van der Waals surface area contributed by atoms with Crippen LogP contribution in [0, 0.1) is 17.9 Å². The van der Waals surface area contributed by atoms with Crippen LogP contribution in [0.3, 0.4) is 0 Å². The molecule has 18 rings (SSSR count). The average molecular weight is 1760 g/mol. The van der Waals surface area contributed by atoms with E-state index < -0.39 is 0 Å². The highest BCUT2D eigenvalue weighted by molar-refractivity contribution is 9.11. The molecule has 0 atom stereocenters. The van der Waals surface area contributed by atoms with Crippen molar-refractivity contribution >= 4 is 148 Å². The zero-order valence-electron chi connectivity index (χ0n) is 57.4. The number of anilines is 5. The van der Waals surface area contributed by atoms with Crippen LogP contribution in [0.5, 0.6) is 0 Å². The molecule has 536 valence electrons. The van der Waals surface area contributed by atoms with E-state index >= 15 is 0 Å². The fraction of sp³-hybridized carbons (Fsp3) is 0.0886. The Morgan fingerprint density at radius 2 is 0.981 bits per heavy atom. The quantitative estimate of drug-likeness (QED) is 0.0445. The van der Waals surface area contributed by atoms with Crippen LogP contribution < -0.4 is 31.3 Å². The summed E-state index contributed by atoms with van der Waals surface area (Å²) in [6.45, 7) is 4.41. The molecule has 6 aromatic carbocycles. The normalized spacial score (nSPS) is 11.6. The van der Waals surface area contributed by atoms with Crippen molar-refractivity contribution in [3.8, 4) is 45.0 Å². The van der Waals surface area contributed by atoms with Gasteiger partial charge in [-0.1, -0.05) is 125 Å². The molecule has 29 heteroatoms. The number of amides is 1. The lowest BCUT2D eigenvalue weighted by molar-refractivity contribution is -0.605. The number of fused-ring (bicyclic) bond motifs is 6. The van der Waals surface area contributed by atoms with Crippen molar-refractivity contribution in [3.05, 3.63) is 311 Å². The van der Waals surface area contributed by atoms with E-state index in [0.717, 1.165) is 145 Å². The van der Waals surface area contributed by atoms with Crippen LogP contribution in [0.4, 0.5) is 33.3 Å². The molecule has 0 spiro atoms. The number of nitrogens with zero attached hydrogens (tertiary/aromatic N) is 16. The second-order valence-corrected chi connectivity index (χ2v) is 29.2. The number of nitrogens with one attached hydrogen (secondary N) is 5. The van der Waals surface area contributed by atoms with Crippen LogP contribution >= 0.6 is 79.6 Å².